The lowest BCUT2D eigenvalue weighted by Gasteiger charge is -2.11. The van der Waals surface area contributed by atoms with Crippen LogP contribution in [-0.2, 0) is 19.1 Å². The van der Waals surface area contributed by atoms with Gasteiger partial charge in [0, 0.05) is 12.6 Å². The quantitative estimate of drug-likeness (QED) is 0.456. The first kappa shape index (κ1) is 22.2. The number of nitrogens with one attached hydrogen (secondary N) is 2. The highest BCUT2D eigenvalue weighted by atomic mass is 16.5. The number of carbonyl (C=O) groups is 3. The summed E-state index contributed by atoms with van der Waals surface area (Å²) in [7, 11) is 1.15. The van der Waals surface area contributed by atoms with E-state index in [-0.39, 0.29) is 22.7 Å². The Balaban J connectivity index is 1.88. The van der Waals surface area contributed by atoms with Crippen LogP contribution in [0, 0.1) is 0 Å². The molecule has 2 amide bonds. The third-order valence-corrected chi connectivity index (χ3v) is 4.55. The Morgan fingerprint density at radius 3 is 2.31 bits per heavy atom. The fourth-order valence-corrected chi connectivity index (χ4v) is 2.94. The minimum atomic E-state index is -0.812. The molecular formula is C23H20N4O5. The minimum absolute atomic E-state index is 0.159. The van der Waals surface area contributed by atoms with E-state index in [9.17, 15) is 19.2 Å². The Hall–Kier alpha value is -4.53. The maximum Gasteiger partial charge on any atom is 0.353 e. The number of carbonyl (C=O) groups excluding carboxylic acids is 3. The molecule has 0 aliphatic heterocycles. The second-order valence-electron chi connectivity index (χ2n) is 6.78. The number of nitrogens with zero attached hydrogens (tertiary/aromatic N) is 2. The van der Waals surface area contributed by atoms with Crippen LogP contribution >= 0.6 is 0 Å². The first-order valence-electron chi connectivity index (χ1n) is 9.38. The number of esters is 1. The number of fused-ring (bicyclic) bond motifs is 1. The van der Waals surface area contributed by atoms with E-state index in [4.69, 9.17) is 0 Å². The van der Waals surface area contributed by atoms with Crippen LogP contribution < -0.4 is 16.2 Å². The Labute approximate surface area is 183 Å². The summed E-state index contributed by atoms with van der Waals surface area (Å²) in [6, 6.07) is 12.3. The molecule has 9 nitrogen and oxygen atoms in total. The molecule has 0 aliphatic rings. The number of hydrogen-bond donors (Lipinski definition) is 2. The first-order valence-corrected chi connectivity index (χ1v) is 9.38. The van der Waals surface area contributed by atoms with E-state index in [1.165, 1.54) is 13.3 Å². The third-order valence-electron chi connectivity index (χ3n) is 4.55. The van der Waals surface area contributed by atoms with Crippen molar-refractivity contribution in [3.05, 3.63) is 78.0 Å². The monoisotopic (exact) mass is 432 g/mol. The maximum atomic E-state index is 12.9. The van der Waals surface area contributed by atoms with Crippen molar-refractivity contribution in [2.75, 3.05) is 12.4 Å². The molecule has 32 heavy (non-hydrogen) atoms. The molecule has 1 aromatic heterocycles. The lowest BCUT2D eigenvalue weighted by atomic mass is 10.0. The average molecular weight is 432 g/mol. The van der Waals surface area contributed by atoms with Crippen molar-refractivity contribution < 1.29 is 19.1 Å². The molecule has 3 rings (SSSR count). The van der Waals surface area contributed by atoms with Crippen molar-refractivity contribution in [3.63, 3.8) is 0 Å². The highest BCUT2D eigenvalue weighted by Crippen LogP contribution is 2.24. The lowest BCUT2D eigenvalue weighted by Crippen LogP contribution is -2.32. The number of hydrogen-bond acceptors (Lipinski definition) is 6. The molecule has 0 unspecified atom stereocenters. The predicted molar refractivity (Wildman–Crippen MR) is 120 cm³/mol. The number of methoxy groups -OCH3 is 1. The summed E-state index contributed by atoms with van der Waals surface area (Å²) in [6.07, 6.45) is 1.19. The molecular weight excluding hydrogens is 412 g/mol. The van der Waals surface area contributed by atoms with Crippen molar-refractivity contribution >= 4 is 40.1 Å². The zero-order chi connectivity index (χ0) is 23.4. The summed E-state index contributed by atoms with van der Waals surface area (Å²) in [5.74, 6) is -1.76. The number of amides is 2. The molecule has 0 radical (unpaired) electrons. The van der Waals surface area contributed by atoms with Gasteiger partial charge in [-0.05, 0) is 35.4 Å². The van der Waals surface area contributed by atoms with Crippen LogP contribution in [-0.4, -0.2) is 34.4 Å². The number of aromatic nitrogens is 2. The van der Waals surface area contributed by atoms with Crippen LogP contribution in [0.2, 0.25) is 0 Å². The Morgan fingerprint density at radius 2 is 1.69 bits per heavy atom. The van der Waals surface area contributed by atoms with Gasteiger partial charge in [0.15, 0.2) is 0 Å². The average Bonchev–Trinajstić information content (AvgIpc) is 2.78. The van der Waals surface area contributed by atoms with Gasteiger partial charge in [-0.3, -0.25) is 19.0 Å². The number of ether oxygens (including phenoxy) is 1. The van der Waals surface area contributed by atoms with Gasteiger partial charge >= 0.3 is 5.97 Å². The van der Waals surface area contributed by atoms with Crippen molar-refractivity contribution in [1.29, 1.82) is 0 Å². The topological polar surface area (TPSA) is 119 Å². The smallest absolute Gasteiger partial charge is 0.353 e. The van der Waals surface area contributed by atoms with Crippen LogP contribution in [0.15, 0.2) is 72.4 Å². The SMILES string of the molecule is C=C(NC(=O)C(=C)n1cnc2cc(-c3ccc(NC(C)=O)cc3)ccc2c1=O)C(=O)OC. The molecule has 2 aromatic carbocycles. The summed E-state index contributed by atoms with van der Waals surface area (Å²) < 4.78 is 5.46. The summed E-state index contributed by atoms with van der Waals surface area (Å²) in [5, 5.41) is 5.21. The molecule has 0 saturated carbocycles. The Kier molecular flexibility index (Phi) is 6.29. The molecule has 0 atom stereocenters. The Morgan fingerprint density at radius 1 is 1.03 bits per heavy atom. The van der Waals surface area contributed by atoms with Crippen LogP contribution in [0.3, 0.4) is 0 Å². The van der Waals surface area contributed by atoms with Crippen molar-refractivity contribution in [3.8, 4) is 11.1 Å². The Bertz CT molecular complexity index is 1320. The van der Waals surface area contributed by atoms with Crippen molar-refractivity contribution in [2.45, 2.75) is 6.92 Å². The third kappa shape index (κ3) is 4.62. The number of benzene rings is 2. The van der Waals surface area contributed by atoms with E-state index in [0.29, 0.717) is 11.2 Å². The van der Waals surface area contributed by atoms with E-state index in [0.717, 1.165) is 22.8 Å². The standard InChI is InChI=1S/C23H20N4O5/c1-13(23(31)32-4)25-21(29)14(2)27-12-24-20-11-17(7-10-19(20)22(27)30)16-5-8-18(9-6-16)26-15(3)28/h5-12H,1-2H2,3-4H3,(H,25,29)(H,26,28). The molecule has 9 heteroatoms. The van der Waals surface area contributed by atoms with Crippen LogP contribution in [0.1, 0.15) is 6.92 Å². The molecule has 2 N–H and O–H groups in total. The van der Waals surface area contributed by atoms with E-state index in [1.807, 2.05) is 12.1 Å². The summed E-state index contributed by atoms with van der Waals surface area (Å²) in [4.78, 5) is 52.0. The first-order chi connectivity index (χ1) is 15.2. The molecule has 1 heterocycles. The fourth-order valence-electron chi connectivity index (χ4n) is 2.94. The van der Waals surface area contributed by atoms with E-state index >= 15 is 0 Å². The largest absolute Gasteiger partial charge is 0.464 e. The van der Waals surface area contributed by atoms with Crippen molar-refractivity contribution in [2.24, 2.45) is 0 Å². The van der Waals surface area contributed by atoms with Gasteiger partial charge in [0.25, 0.3) is 11.5 Å². The van der Waals surface area contributed by atoms with E-state index in [2.05, 4.69) is 33.5 Å². The highest BCUT2D eigenvalue weighted by molar-refractivity contribution is 6.15. The van der Waals surface area contributed by atoms with Crippen LogP contribution in [0.4, 0.5) is 5.69 Å². The van der Waals surface area contributed by atoms with Gasteiger partial charge in [0.2, 0.25) is 5.91 Å². The van der Waals surface area contributed by atoms with Gasteiger partial charge in [-0.1, -0.05) is 31.4 Å². The molecule has 162 valence electrons. The summed E-state index contributed by atoms with van der Waals surface area (Å²) in [5.41, 5.74) is 1.80. The minimum Gasteiger partial charge on any atom is -0.464 e. The van der Waals surface area contributed by atoms with Gasteiger partial charge in [-0.2, -0.15) is 0 Å². The summed E-state index contributed by atoms with van der Waals surface area (Å²) in [6.45, 7) is 8.45. The van der Waals surface area contributed by atoms with Gasteiger partial charge in [0.05, 0.1) is 18.0 Å². The van der Waals surface area contributed by atoms with Gasteiger partial charge < -0.3 is 15.4 Å². The molecule has 0 saturated heterocycles. The molecule has 0 spiro atoms. The van der Waals surface area contributed by atoms with Crippen molar-refractivity contribution in [1.82, 2.24) is 14.9 Å². The normalized spacial score (nSPS) is 10.3. The molecule has 0 aliphatic carbocycles. The second kappa shape index (κ2) is 9.09. The summed E-state index contributed by atoms with van der Waals surface area (Å²) >= 11 is 0. The van der Waals surface area contributed by atoms with Crippen LogP contribution in [0.5, 0.6) is 0 Å². The molecule has 0 fully saturated rings. The lowest BCUT2D eigenvalue weighted by molar-refractivity contribution is -0.137. The van der Waals surface area contributed by atoms with Gasteiger partial charge in [-0.25, -0.2) is 9.78 Å². The second-order valence-corrected chi connectivity index (χ2v) is 6.78. The van der Waals surface area contributed by atoms with Crippen LogP contribution in [0.25, 0.3) is 27.7 Å². The number of rotatable bonds is 6. The zero-order valence-electron chi connectivity index (χ0n) is 17.5. The zero-order valence-corrected chi connectivity index (χ0v) is 17.5. The fraction of sp³-hybridized carbons (Fsp3) is 0.0870. The maximum absolute atomic E-state index is 12.9. The highest BCUT2D eigenvalue weighted by Gasteiger charge is 2.17. The predicted octanol–water partition coefficient (Wildman–Crippen LogP) is 2.30. The van der Waals surface area contributed by atoms with E-state index < -0.39 is 17.4 Å². The molecule has 0 bridgehead atoms. The van der Waals surface area contributed by atoms with Gasteiger partial charge in [0.1, 0.15) is 17.7 Å². The number of anilines is 1. The van der Waals surface area contributed by atoms with Gasteiger partial charge in [-0.15, -0.1) is 0 Å². The van der Waals surface area contributed by atoms with E-state index in [1.54, 1.807) is 30.3 Å². The molecule has 3 aromatic rings.